The van der Waals surface area contributed by atoms with Gasteiger partial charge in [-0.1, -0.05) is 24.3 Å². The maximum absolute atomic E-state index is 11.8. The van der Waals surface area contributed by atoms with Gasteiger partial charge in [0.2, 0.25) is 5.91 Å². The zero-order valence-electron chi connectivity index (χ0n) is 9.89. The third-order valence-electron chi connectivity index (χ3n) is 2.59. The van der Waals surface area contributed by atoms with Crippen molar-refractivity contribution in [3.63, 3.8) is 0 Å². The summed E-state index contributed by atoms with van der Waals surface area (Å²) in [6.07, 6.45) is 0.585. The highest BCUT2D eigenvalue weighted by atomic mass is 16.3. The van der Waals surface area contributed by atoms with Crippen molar-refractivity contribution in [1.82, 2.24) is 4.90 Å². The lowest BCUT2D eigenvalue weighted by molar-refractivity contribution is -0.129. The van der Waals surface area contributed by atoms with Crippen molar-refractivity contribution < 1.29 is 9.90 Å². The Morgan fingerprint density at radius 3 is 2.65 bits per heavy atom. The molecule has 1 rings (SSSR count). The van der Waals surface area contributed by atoms with Gasteiger partial charge in [0.1, 0.15) is 0 Å². The molecule has 0 bridgehead atoms. The van der Waals surface area contributed by atoms with Crippen LogP contribution in [0.3, 0.4) is 0 Å². The van der Waals surface area contributed by atoms with Gasteiger partial charge in [-0.2, -0.15) is 5.26 Å². The van der Waals surface area contributed by atoms with E-state index in [9.17, 15) is 4.79 Å². The van der Waals surface area contributed by atoms with E-state index < -0.39 is 0 Å². The molecule has 0 saturated carbocycles. The van der Waals surface area contributed by atoms with Crippen LogP contribution in [0.4, 0.5) is 0 Å². The predicted octanol–water partition coefficient (Wildman–Crippen LogP) is 0.746. The highest BCUT2D eigenvalue weighted by Gasteiger charge is 2.11. The molecule has 0 spiro atoms. The minimum absolute atomic E-state index is 0.0396. The fraction of sp³-hybridized carbons (Fsp3) is 0.385. The molecule has 0 radical (unpaired) electrons. The fourth-order valence-corrected chi connectivity index (χ4v) is 1.56. The molecule has 0 aliphatic carbocycles. The largest absolute Gasteiger partial charge is 0.395 e. The van der Waals surface area contributed by atoms with Crippen LogP contribution in [-0.4, -0.2) is 36.1 Å². The average molecular weight is 232 g/mol. The zero-order chi connectivity index (χ0) is 12.7. The highest BCUT2D eigenvalue weighted by molar-refractivity contribution is 5.78. The summed E-state index contributed by atoms with van der Waals surface area (Å²) in [7, 11) is 1.66. The van der Waals surface area contributed by atoms with Crippen molar-refractivity contribution >= 4 is 5.91 Å². The van der Waals surface area contributed by atoms with Crippen LogP contribution in [0.5, 0.6) is 0 Å². The third kappa shape index (κ3) is 3.89. The number of aliphatic hydroxyl groups excluding tert-OH is 1. The topological polar surface area (TPSA) is 64.3 Å². The van der Waals surface area contributed by atoms with Crippen LogP contribution in [0, 0.1) is 11.3 Å². The van der Waals surface area contributed by atoms with Gasteiger partial charge in [0, 0.05) is 13.6 Å². The fourth-order valence-electron chi connectivity index (χ4n) is 1.56. The molecule has 1 amide bonds. The molecule has 1 aromatic carbocycles. The number of carbonyl (C=O) groups excluding carboxylic acids is 1. The van der Waals surface area contributed by atoms with Gasteiger partial charge in [-0.25, -0.2) is 0 Å². The SMILES string of the molecule is CN(CCO)C(=O)Cc1ccccc1CC#N. The van der Waals surface area contributed by atoms with E-state index in [1.54, 1.807) is 7.05 Å². The first-order chi connectivity index (χ1) is 8.19. The van der Waals surface area contributed by atoms with Crippen LogP contribution in [0.15, 0.2) is 24.3 Å². The number of rotatable bonds is 5. The standard InChI is InChI=1S/C13H16N2O2/c1-15(8-9-16)13(17)10-12-5-3-2-4-11(12)6-7-14/h2-5,16H,6,8-10H2,1H3. The molecule has 4 heteroatoms. The maximum Gasteiger partial charge on any atom is 0.226 e. The van der Waals surface area contributed by atoms with Crippen LogP contribution in [0.1, 0.15) is 11.1 Å². The Balaban J connectivity index is 2.74. The zero-order valence-corrected chi connectivity index (χ0v) is 9.89. The van der Waals surface area contributed by atoms with Crippen LogP contribution >= 0.6 is 0 Å². The summed E-state index contributed by atoms with van der Waals surface area (Å²) in [5, 5.41) is 17.4. The van der Waals surface area contributed by atoms with Gasteiger partial charge in [-0.3, -0.25) is 4.79 Å². The van der Waals surface area contributed by atoms with Gasteiger partial charge in [-0.15, -0.1) is 0 Å². The lowest BCUT2D eigenvalue weighted by Crippen LogP contribution is -2.31. The molecule has 1 N–H and O–H groups in total. The lowest BCUT2D eigenvalue weighted by Gasteiger charge is -2.16. The molecule has 0 unspecified atom stereocenters. The summed E-state index contributed by atoms with van der Waals surface area (Å²) < 4.78 is 0. The van der Waals surface area contributed by atoms with E-state index in [0.29, 0.717) is 13.0 Å². The predicted molar refractivity (Wildman–Crippen MR) is 64.2 cm³/mol. The smallest absolute Gasteiger partial charge is 0.226 e. The first-order valence-electron chi connectivity index (χ1n) is 5.47. The number of nitriles is 1. The molecule has 0 atom stereocenters. The second kappa shape index (κ2) is 6.66. The van der Waals surface area contributed by atoms with E-state index in [1.807, 2.05) is 24.3 Å². The Hall–Kier alpha value is -1.86. The molecule has 17 heavy (non-hydrogen) atoms. The van der Waals surface area contributed by atoms with E-state index in [2.05, 4.69) is 6.07 Å². The van der Waals surface area contributed by atoms with Gasteiger partial charge in [0.15, 0.2) is 0 Å². The van der Waals surface area contributed by atoms with Crippen LogP contribution in [0.2, 0.25) is 0 Å². The van der Waals surface area contributed by atoms with Crippen LogP contribution in [-0.2, 0) is 17.6 Å². The number of carbonyl (C=O) groups is 1. The summed E-state index contributed by atoms with van der Waals surface area (Å²) >= 11 is 0. The Bertz CT molecular complexity index is 424. The molecule has 0 fully saturated rings. The number of nitrogens with zero attached hydrogens (tertiary/aromatic N) is 2. The molecule has 0 heterocycles. The average Bonchev–Trinajstić information content (AvgIpc) is 2.32. The molecular formula is C13H16N2O2. The number of aliphatic hydroxyl groups is 1. The van der Waals surface area contributed by atoms with Crippen LogP contribution in [0.25, 0.3) is 0 Å². The van der Waals surface area contributed by atoms with Crippen molar-refractivity contribution in [2.75, 3.05) is 20.2 Å². The Morgan fingerprint density at radius 2 is 2.06 bits per heavy atom. The van der Waals surface area contributed by atoms with Gasteiger partial charge >= 0.3 is 0 Å². The second-order valence-electron chi connectivity index (χ2n) is 3.82. The van der Waals surface area contributed by atoms with Crippen molar-refractivity contribution in [3.05, 3.63) is 35.4 Å². The van der Waals surface area contributed by atoms with Crippen molar-refractivity contribution in [2.24, 2.45) is 0 Å². The number of hydrogen-bond donors (Lipinski definition) is 1. The summed E-state index contributed by atoms with van der Waals surface area (Å²) in [4.78, 5) is 13.3. The molecular weight excluding hydrogens is 216 g/mol. The van der Waals surface area contributed by atoms with Gasteiger partial charge in [0.05, 0.1) is 25.5 Å². The van der Waals surface area contributed by atoms with Gasteiger partial charge in [-0.05, 0) is 11.1 Å². The minimum Gasteiger partial charge on any atom is -0.395 e. The lowest BCUT2D eigenvalue weighted by atomic mass is 10.0. The van der Waals surface area contributed by atoms with E-state index >= 15 is 0 Å². The summed E-state index contributed by atoms with van der Waals surface area (Å²) in [5.41, 5.74) is 1.77. The summed E-state index contributed by atoms with van der Waals surface area (Å²) in [6.45, 7) is 0.293. The third-order valence-corrected chi connectivity index (χ3v) is 2.59. The summed E-state index contributed by atoms with van der Waals surface area (Å²) in [5.74, 6) is -0.0514. The normalized spacial score (nSPS) is 9.71. The van der Waals surface area contributed by atoms with Crippen molar-refractivity contribution in [1.29, 1.82) is 5.26 Å². The van der Waals surface area contributed by atoms with E-state index in [0.717, 1.165) is 11.1 Å². The monoisotopic (exact) mass is 232 g/mol. The molecule has 4 nitrogen and oxygen atoms in total. The molecule has 0 aliphatic rings. The van der Waals surface area contributed by atoms with E-state index in [1.165, 1.54) is 4.90 Å². The number of hydrogen-bond acceptors (Lipinski definition) is 3. The van der Waals surface area contributed by atoms with E-state index in [-0.39, 0.29) is 18.9 Å². The molecule has 0 saturated heterocycles. The Labute approximate surface area is 101 Å². The first-order valence-corrected chi connectivity index (χ1v) is 5.47. The van der Waals surface area contributed by atoms with Crippen molar-refractivity contribution in [2.45, 2.75) is 12.8 Å². The maximum atomic E-state index is 11.8. The summed E-state index contributed by atoms with van der Waals surface area (Å²) in [6, 6.07) is 9.52. The second-order valence-corrected chi connectivity index (χ2v) is 3.82. The van der Waals surface area contributed by atoms with E-state index in [4.69, 9.17) is 10.4 Å². The molecule has 0 aliphatic heterocycles. The van der Waals surface area contributed by atoms with Crippen molar-refractivity contribution in [3.8, 4) is 6.07 Å². The number of amides is 1. The number of benzene rings is 1. The van der Waals surface area contributed by atoms with Crippen LogP contribution < -0.4 is 0 Å². The van der Waals surface area contributed by atoms with Gasteiger partial charge < -0.3 is 10.0 Å². The van der Waals surface area contributed by atoms with Gasteiger partial charge in [0.25, 0.3) is 0 Å². The Kier molecular flexibility index (Phi) is 5.18. The quantitative estimate of drug-likeness (QED) is 0.814. The first kappa shape index (κ1) is 13.2. The molecule has 90 valence electrons. The highest BCUT2D eigenvalue weighted by Crippen LogP contribution is 2.11. The molecule has 0 aromatic heterocycles. The Morgan fingerprint density at radius 1 is 1.41 bits per heavy atom. The minimum atomic E-state index is -0.0514. The number of likely N-dealkylation sites (N-methyl/N-ethyl adjacent to an activating group) is 1. The molecule has 1 aromatic rings.